The number of hydrogen-bond donors (Lipinski definition) is 2. The van der Waals surface area contributed by atoms with Crippen LogP contribution < -0.4 is 10.6 Å². The summed E-state index contributed by atoms with van der Waals surface area (Å²) < 4.78 is 1.84. The third kappa shape index (κ3) is 5.41. The van der Waals surface area contributed by atoms with Crippen LogP contribution in [0.5, 0.6) is 0 Å². The molecule has 1 atom stereocenters. The fourth-order valence-electron chi connectivity index (χ4n) is 2.70. The van der Waals surface area contributed by atoms with Crippen LogP contribution in [0.3, 0.4) is 0 Å². The van der Waals surface area contributed by atoms with Crippen LogP contribution in [0, 0.1) is 0 Å². The van der Waals surface area contributed by atoms with Gasteiger partial charge in [-0.25, -0.2) is 9.67 Å². The van der Waals surface area contributed by atoms with Crippen molar-refractivity contribution < 1.29 is 0 Å². The number of thioether (sulfide) groups is 1. The van der Waals surface area contributed by atoms with Crippen molar-refractivity contribution >= 4 is 29.3 Å². The lowest BCUT2D eigenvalue weighted by Crippen LogP contribution is -2.40. The van der Waals surface area contributed by atoms with Gasteiger partial charge in [0, 0.05) is 35.1 Å². The van der Waals surface area contributed by atoms with E-state index >= 15 is 0 Å². The largest absolute Gasteiger partial charge is 0.357 e. The van der Waals surface area contributed by atoms with Gasteiger partial charge in [0.25, 0.3) is 0 Å². The molecule has 2 heterocycles. The highest BCUT2D eigenvalue weighted by Crippen LogP contribution is 2.25. The van der Waals surface area contributed by atoms with Crippen molar-refractivity contribution in [2.45, 2.75) is 31.6 Å². The summed E-state index contributed by atoms with van der Waals surface area (Å²) in [6, 6.07) is 7.63. The predicted molar refractivity (Wildman–Crippen MR) is 107 cm³/mol. The molecular formula is C18H24ClN5S. The highest BCUT2D eigenvalue weighted by atomic mass is 35.5. The lowest BCUT2D eigenvalue weighted by molar-refractivity contribution is 0.727. The van der Waals surface area contributed by atoms with E-state index in [9.17, 15) is 0 Å². The number of rotatable bonds is 6. The molecule has 2 N–H and O–H groups in total. The topological polar surface area (TPSA) is 54.2 Å². The fourth-order valence-corrected chi connectivity index (χ4v) is 4.03. The van der Waals surface area contributed by atoms with Crippen LogP contribution in [0.2, 0.25) is 5.02 Å². The van der Waals surface area contributed by atoms with Crippen molar-refractivity contribution in [2.24, 2.45) is 4.99 Å². The van der Waals surface area contributed by atoms with Crippen LogP contribution in [0.25, 0.3) is 5.69 Å². The minimum absolute atomic E-state index is 0.598. The predicted octanol–water partition coefficient (Wildman–Crippen LogP) is 3.48. The van der Waals surface area contributed by atoms with Crippen molar-refractivity contribution in [1.29, 1.82) is 0 Å². The molecule has 1 aliphatic heterocycles. The second kappa shape index (κ2) is 9.15. The van der Waals surface area contributed by atoms with Crippen molar-refractivity contribution in [3.8, 4) is 5.69 Å². The van der Waals surface area contributed by atoms with Gasteiger partial charge in [0.05, 0.1) is 18.4 Å². The van der Waals surface area contributed by atoms with E-state index in [0.29, 0.717) is 11.8 Å². The van der Waals surface area contributed by atoms with Gasteiger partial charge in [-0.05, 0) is 49.8 Å². The molecule has 1 fully saturated rings. The Morgan fingerprint density at radius 2 is 2.20 bits per heavy atom. The Labute approximate surface area is 158 Å². The average molecular weight is 378 g/mol. The van der Waals surface area contributed by atoms with Crippen molar-refractivity contribution in [3.05, 3.63) is 47.2 Å². The quantitative estimate of drug-likeness (QED) is 0.597. The van der Waals surface area contributed by atoms with Gasteiger partial charge in [-0.3, -0.25) is 0 Å². The maximum atomic E-state index is 5.93. The van der Waals surface area contributed by atoms with Crippen LogP contribution in [0.4, 0.5) is 0 Å². The van der Waals surface area contributed by atoms with Crippen LogP contribution in [-0.2, 0) is 6.54 Å². The molecule has 1 aliphatic rings. The number of benzene rings is 1. The van der Waals surface area contributed by atoms with Gasteiger partial charge in [0.2, 0.25) is 0 Å². The van der Waals surface area contributed by atoms with Crippen LogP contribution >= 0.6 is 23.4 Å². The molecule has 5 nitrogen and oxygen atoms in total. The van der Waals surface area contributed by atoms with E-state index in [2.05, 4.69) is 39.4 Å². The summed E-state index contributed by atoms with van der Waals surface area (Å²) >= 11 is 7.98. The van der Waals surface area contributed by atoms with Crippen molar-refractivity contribution in [1.82, 2.24) is 20.4 Å². The third-order valence-corrected chi connectivity index (χ3v) is 5.66. The molecule has 0 radical (unpaired) electrons. The molecule has 0 amide bonds. The Morgan fingerprint density at radius 3 is 2.92 bits per heavy atom. The fraction of sp³-hybridized carbons (Fsp3) is 0.444. The number of aromatic nitrogens is 2. The molecule has 1 aromatic carbocycles. The lowest BCUT2D eigenvalue weighted by atomic mass is 10.2. The Balaban J connectivity index is 1.59. The molecule has 25 heavy (non-hydrogen) atoms. The monoisotopic (exact) mass is 377 g/mol. The molecule has 1 saturated heterocycles. The molecule has 0 saturated carbocycles. The Bertz CT molecular complexity index is 692. The van der Waals surface area contributed by atoms with E-state index < -0.39 is 0 Å². The zero-order valence-electron chi connectivity index (χ0n) is 14.4. The maximum absolute atomic E-state index is 5.93. The third-order valence-electron chi connectivity index (χ3n) is 4.01. The lowest BCUT2D eigenvalue weighted by Gasteiger charge is -2.14. The minimum Gasteiger partial charge on any atom is -0.357 e. The standard InChI is InChI=1S/C18H24ClN5S/c1-2-20-18(22-12-17-4-3-9-25-17)21-10-14-11-23-24(13-14)16-7-5-15(19)6-8-16/h5-8,11,13,17H,2-4,9-10,12H2,1H3,(H2,20,21,22). The number of nitrogens with one attached hydrogen (secondary N) is 2. The molecule has 1 aromatic heterocycles. The average Bonchev–Trinajstić information content (AvgIpc) is 3.30. The smallest absolute Gasteiger partial charge is 0.191 e. The normalized spacial score (nSPS) is 17.7. The summed E-state index contributed by atoms with van der Waals surface area (Å²) in [7, 11) is 0. The zero-order chi connectivity index (χ0) is 17.5. The summed E-state index contributed by atoms with van der Waals surface area (Å²) in [6.07, 6.45) is 6.48. The van der Waals surface area contributed by atoms with Gasteiger partial charge in [-0.15, -0.1) is 0 Å². The minimum atomic E-state index is 0.598. The highest BCUT2D eigenvalue weighted by molar-refractivity contribution is 8.00. The number of guanidine groups is 1. The molecule has 0 spiro atoms. The molecule has 134 valence electrons. The van der Waals surface area contributed by atoms with E-state index in [1.54, 1.807) is 0 Å². The molecule has 0 bridgehead atoms. The summed E-state index contributed by atoms with van der Waals surface area (Å²) in [5.74, 6) is 2.15. The maximum Gasteiger partial charge on any atom is 0.191 e. The second-order valence-corrected chi connectivity index (χ2v) is 7.83. The number of nitrogens with zero attached hydrogens (tertiary/aromatic N) is 3. The zero-order valence-corrected chi connectivity index (χ0v) is 16.0. The number of aliphatic imine (C=N–C) groups is 1. The first-order chi connectivity index (χ1) is 12.2. The SMILES string of the molecule is CCNC(=NCc1cnn(-c2ccc(Cl)cc2)c1)NCC1CCCS1. The van der Waals surface area contributed by atoms with Crippen molar-refractivity contribution in [3.63, 3.8) is 0 Å². The Hall–Kier alpha value is -1.66. The van der Waals surface area contributed by atoms with Crippen molar-refractivity contribution in [2.75, 3.05) is 18.8 Å². The first kappa shape index (κ1) is 18.1. The molecule has 7 heteroatoms. The molecule has 0 aliphatic carbocycles. The van der Waals surface area contributed by atoms with Gasteiger partial charge in [0.15, 0.2) is 5.96 Å². The summed E-state index contributed by atoms with van der Waals surface area (Å²) in [5.41, 5.74) is 2.06. The van der Waals surface area contributed by atoms with Crippen LogP contribution in [0.1, 0.15) is 25.3 Å². The van der Waals surface area contributed by atoms with Crippen LogP contribution in [-0.4, -0.2) is 39.8 Å². The van der Waals surface area contributed by atoms with E-state index in [1.165, 1.54) is 18.6 Å². The Kier molecular flexibility index (Phi) is 6.64. The first-order valence-corrected chi connectivity index (χ1v) is 10.1. The second-order valence-electron chi connectivity index (χ2n) is 5.98. The summed E-state index contributed by atoms with van der Waals surface area (Å²) in [5, 5.41) is 12.6. The van der Waals surface area contributed by atoms with Gasteiger partial charge in [0.1, 0.15) is 0 Å². The Morgan fingerprint density at radius 1 is 1.36 bits per heavy atom. The van der Waals surface area contributed by atoms with Gasteiger partial charge in [-0.1, -0.05) is 11.6 Å². The van der Waals surface area contributed by atoms with E-state index in [1.807, 2.05) is 41.3 Å². The van der Waals surface area contributed by atoms with Crippen LogP contribution in [0.15, 0.2) is 41.7 Å². The first-order valence-electron chi connectivity index (χ1n) is 8.68. The highest BCUT2D eigenvalue weighted by Gasteiger charge is 2.15. The molecular weight excluding hydrogens is 354 g/mol. The van der Waals surface area contributed by atoms with Gasteiger partial charge < -0.3 is 10.6 Å². The van der Waals surface area contributed by atoms with E-state index in [0.717, 1.165) is 35.3 Å². The molecule has 1 unspecified atom stereocenters. The summed E-state index contributed by atoms with van der Waals surface area (Å²) in [4.78, 5) is 4.68. The molecule has 3 rings (SSSR count). The van der Waals surface area contributed by atoms with Gasteiger partial charge in [-0.2, -0.15) is 16.9 Å². The van der Waals surface area contributed by atoms with E-state index in [-0.39, 0.29) is 0 Å². The summed E-state index contributed by atoms with van der Waals surface area (Å²) in [6.45, 7) is 4.51. The van der Waals surface area contributed by atoms with Gasteiger partial charge >= 0.3 is 0 Å². The molecule has 2 aromatic rings. The van der Waals surface area contributed by atoms with E-state index in [4.69, 9.17) is 11.6 Å². The number of halogens is 1. The number of hydrogen-bond acceptors (Lipinski definition) is 3.